The summed E-state index contributed by atoms with van der Waals surface area (Å²) in [4.78, 5) is 25.4. The second kappa shape index (κ2) is 5.65. The molecular weight excluding hydrogens is 254 g/mol. The maximum Gasteiger partial charge on any atom is 0.308 e. The van der Waals surface area contributed by atoms with Gasteiger partial charge in [-0.05, 0) is 44.7 Å². The van der Waals surface area contributed by atoms with E-state index in [2.05, 4.69) is 0 Å². The van der Waals surface area contributed by atoms with Crippen molar-refractivity contribution in [3.8, 4) is 0 Å². The molecule has 1 unspecified atom stereocenters. The van der Waals surface area contributed by atoms with E-state index in [9.17, 15) is 9.59 Å². The molecule has 20 heavy (non-hydrogen) atoms. The minimum atomic E-state index is -0.806. The van der Waals surface area contributed by atoms with E-state index in [-0.39, 0.29) is 5.91 Å². The Labute approximate surface area is 119 Å². The van der Waals surface area contributed by atoms with E-state index in [4.69, 9.17) is 5.11 Å². The third kappa shape index (κ3) is 2.84. The molecule has 0 aliphatic carbocycles. The number of likely N-dealkylation sites (tertiary alicyclic amines) is 1. The van der Waals surface area contributed by atoms with Crippen molar-refractivity contribution in [1.29, 1.82) is 0 Å². The summed E-state index contributed by atoms with van der Waals surface area (Å²) in [6, 6.07) is 4.00. The van der Waals surface area contributed by atoms with Gasteiger partial charge in [-0.1, -0.05) is 17.7 Å². The highest BCUT2D eigenvalue weighted by atomic mass is 16.4. The zero-order valence-corrected chi connectivity index (χ0v) is 12.3. The van der Waals surface area contributed by atoms with Gasteiger partial charge in [0.25, 0.3) is 5.91 Å². The third-order valence-corrected chi connectivity index (χ3v) is 3.95. The van der Waals surface area contributed by atoms with Crippen LogP contribution in [0.5, 0.6) is 0 Å². The third-order valence-electron chi connectivity index (χ3n) is 3.95. The zero-order chi connectivity index (χ0) is 14.9. The largest absolute Gasteiger partial charge is 0.481 e. The van der Waals surface area contributed by atoms with Gasteiger partial charge in [0, 0.05) is 18.7 Å². The molecule has 1 aliphatic rings. The number of rotatable bonds is 2. The summed E-state index contributed by atoms with van der Waals surface area (Å²) in [5.74, 6) is -1.27. The molecule has 1 atom stereocenters. The fourth-order valence-corrected chi connectivity index (χ4v) is 3.04. The van der Waals surface area contributed by atoms with Crippen LogP contribution in [0.15, 0.2) is 12.1 Å². The molecule has 1 aliphatic heterocycles. The predicted octanol–water partition coefficient (Wildman–Crippen LogP) is 2.55. The van der Waals surface area contributed by atoms with Crippen LogP contribution in [0.25, 0.3) is 0 Å². The van der Waals surface area contributed by atoms with Crippen LogP contribution in [0.2, 0.25) is 0 Å². The van der Waals surface area contributed by atoms with Gasteiger partial charge in [0.05, 0.1) is 5.92 Å². The molecule has 0 aromatic heterocycles. The molecule has 0 saturated carbocycles. The van der Waals surface area contributed by atoms with Crippen LogP contribution in [0, 0.1) is 26.7 Å². The number of carboxylic acids is 1. The summed E-state index contributed by atoms with van der Waals surface area (Å²) in [7, 11) is 0. The molecule has 1 N–H and O–H groups in total. The fraction of sp³-hybridized carbons (Fsp3) is 0.500. The maximum absolute atomic E-state index is 12.7. The van der Waals surface area contributed by atoms with Gasteiger partial charge in [-0.3, -0.25) is 9.59 Å². The Morgan fingerprint density at radius 3 is 2.35 bits per heavy atom. The molecule has 1 heterocycles. The van der Waals surface area contributed by atoms with Gasteiger partial charge in [-0.15, -0.1) is 0 Å². The highest BCUT2D eigenvalue weighted by molar-refractivity contribution is 5.97. The summed E-state index contributed by atoms with van der Waals surface area (Å²) in [5.41, 5.74) is 3.79. The van der Waals surface area contributed by atoms with E-state index in [1.54, 1.807) is 4.90 Å². The molecule has 0 radical (unpaired) electrons. The molecule has 0 bridgehead atoms. The number of aliphatic carboxylic acids is 1. The number of carboxylic acid groups (broad SMARTS) is 1. The van der Waals surface area contributed by atoms with Crippen molar-refractivity contribution in [2.75, 3.05) is 13.1 Å². The van der Waals surface area contributed by atoms with E-state index in [1.165, 1.54) is 0 Å². The number of hydrogen-bond donors (Lipinski definition) is 1. The van der Waals surface area contributed by atoms with Crippen LogP contribution in [0.4, 0.5) is 0 Å². The van der Waals surface area contributed by atoms with E-state index in [1.807, 2.05) is 32.9 Å². The molecule has 4 nitrogen and oxygen atoms in total. The first kappa shape index (κ1) is 14.6. The highest BCUT2D eigenvalue weighted by Gasteiger charge is 2.29. The van der Waals surface area contributed by atoms with E-state index in [0.717, 1.165) is 28.7 Å². The zero-order valence-electron chi connectivity index (χ0n) is 12.3. The molecule has 1 amide bonds. The summed E-state index contributed by atoms with van der Waals surface area (Å²) in [6.45, 7) is 6.85. The quantitative estimate of drug-likeness (QED) is 0.902. The first-order valence-corrected chi connectivity index (χ1v) is 7.00. The summed E-state index contributed by atoms with van der Waals surface area (Å²) < 4.78 is 0. The van der Waals surface area contributed by atoms with Gasteiger partial charge in [0.2, 0.25) is 0 Å². The number of carbonyl (C=O) groups is 2. The van der Waals surface area contributed by atoms with Crippen LogP contribution in [-0.4, -0.2) is 35.0 Å². The molecule has 1 fully saturated rings. The molecule has 1 aromatic rings. The highest BCUT2D eigenvalue weighted by Crippen LogP contribution is 2.23. The number of aryl methyl sites for hydroxylation is 3. The molecule has 1 aromatic carbocycles. The standard InChI is InChI=1S/C16H21NO3/c1-10-7-11(2)14(12(3)8-10)15(18)17-6-4-5-13(9-17)16(19)20/h7-8,13H,4-6,9H2,1-3H3,(H,19,20). The second-order valence-corrected chi connectivity index (χ2v) is 5.70. The minimum absolute atomic E-state index is 0.0362. The summed E-state index contributed by atoms with van der Waals surface area (Å²) in [6.07, 6.45) is 1.41. The Bertz CT molecular complexity index is 528. The molecule has 4 heteroatoms. The van der Waals surface area contributed by atoms with Gasteiger partial charge in [-0.2, -0.15) is 0 Å². The van der Waals surface area contributed by atoms with Crippen molar-refractivity contribution >= 4 is 11.9 Å². The maximum atomic E-state index is 12.7. The fourth-order valence-electron chi connectivity index (χ4n) is 3.04. The lowest BCUT2D eigenvalue weighted by atomic mass is 9.95. The Hall–Kier alpha value is -1.84. The molecule has 2 rings (SSSR count). The smallest absolute Gasteiger partial charge is 0.308 e. The lowest BCUT2D eigenvalue weighted by Crippen LogP contribution is -2.42. The van der Waals surface area contributed by atoms with Crippen LogP contribution in [-0.2, 0) is 4.79 Å². The predicted molar refractivity (Wildman–Crippen MR) is 76.9 cm³/mol. The topological polar surface area (TPSA) is 57.6 Å². The van der Waals surface area contributed by atoms with Crippen LogP contribution < -0.4 is 0 Å². The van der Waals surface area contributed by atoms with Crippen LogP contribution in [0.1, 0.15) is 39.9 Å². The first-order valence-electron chi connectivity index (χ1n) is 7.00. The van der Waals surface area contributed by atoms with Crippen molar-refractivity contribution < 1.29 is 14.7 Å². The Kier molecular flexibility index (Phi) is 4.12. The number of nitrogens with zero attached hydrogens (tertiary/aromatic N) is 1. The van der Waals surface area contributed by atoms with Crippen molar-refractivity contribution in [3.05, 3.63) is 34.4 Å². The van der Waals surface area contributed by atoms with Crippen molar-refractivity contribution in [3.63, 3.8) is 0 Å². The second-order valence-electron chi connectivity index (χ2n) is 5.70. The van der Waals surface area contributed by atoms with Gasteiger partial charge in [0.1, 0.15) is 0 Å². The van der Waals surface area contributed by atoms with Gasteiger partial charge >= 0.3 is 5.97 Å². The molecule has 1 saturated heterocycles. The van der Waals surface area contributed by atoms with Gasteiger partial charge in [-0.25, -0.2) is 0 Å². The van der Waals surface area contributed by atoms with E-state index < -0.39 is 11.9 Å². The average molecular weight is 275 g/mol. The number of amides is 1. The Balaban J connectivity index is 2.25. The van der Waals surface area contributed by atoms with Crippen molar-refractivity contribution in [2.24, 2.45) is 5.92 Å². The SMILES string of the molecule is Cc1cc(C)c(C(=O)N2CCCC(C(=O)O)C2)c(C)c1. The van der Waals surface area contributed by atoms with Gasteiger partial charge in [0.15, 0.2) is 0 Å². The number of piperidine rings is 1. The summed E-state index contributed by atoms with van der Waals surface area (Å²) >= 11 is 0. The Morgan fingerprint density at radius 1 is 1.20 bits per heavy atom. The normalized spacial score (nSPS) is 18.9. The summed E-state index contributed by atoms with van der Waals surface area (Å²) in [5, 5.41) is 9.12. The molecule has 108 valence electrons. The lowest BCUT2D eigenvalue weighted by molar-refractivity contribution is -0.143. The lowest BCUT2D eigenvalue weighted by Gasteiger charge is -2.31. The number of carbonyl (C=O) groups excluding carboxylic acids is 1. The van der Waals surface area contributed by atoms with Crippen LogP contribution >= 0.6 is 0 Å². The number of benzene rings is 1. The van der Waals surface area contributed by atoms with Gasteiger partial charge < -0.3 is 10.0 Å². The van der Waals surface area contributed by atoms with E-state index in [0.29, 0.717) is 19.5 Å². The molecule has 0 spiro atoms. The Morgan fingerprint density at radius 2 is 1.80 bits per heavy atom. The average Bonchev–Trinajstić information content (AvgIpc) is 2.37. The monoisotopic (exact) mass is 275 g/mol. The first-order chi connectivity index (χ1) is 9.40. The van der Waals surface area contributed by atoms with Crippen LogP contribution in [0.3, 0.4) is 0 Å². The minimum Gasteiger partial charge on any atom is -0.481 e. The van der Waals surface area contributed by atoms with Crippen molar-refractivity contribution in [2.45, 2.75) is 33.6 Å². The molecular formula is C16H21NO3. The number of hydrogen-bond acceptors (Lipinski definition) is 2. The van der Waals surface area contributed by atoms with E-state index >= 15 is 0 Å². The van der Waals surface area contributed by atoms with Crippen molar-refractivity contribution in [1.82, 2.24) is 4.90 Å².